The molecule has 6 heteroatoms. The summed E-state index contributed by atoms with van der Waals surface area (Å²) in [5.41, 5.74) is 1.55. The maximum absolute atomic E-state index is 13.0. The predicted molar refractivity (Wildman–Crippen MR) is 103 cm³/mol. The Morgan fingerprint density at radius 1 is 1.22 bits per heavy atom. The highest BCUT2D eigenvalue weighted by Gasteiger charge is 2.48. The second-order valence-corrected chi connectivity index (χ2v) is 7.20. The van der Waals surface area contributed by atoms with Gasteiger partial charge in [-0.3, -0.25) is 4.79 Å². The number of nitrogens with one attached hydrogen (secondary N) is 2. The summed E-state index contributed by atoms with van der Waals surface area (Å²) in [7, 11) is 1.52. The Kier molecular flexibility index (Phi) is 5.73. The van der Waals surface area contributed by atoms with Crippen molar-refractivity contribution in [2.24, 2.45) is 0 Å². The van der Waals surface area contributed by atoms with Gasteiger partial charge in [-0.15, -0.1) is 0 Å². The fourth-order valence-electron chi connectivity index (χ4n) is 4.07. The van der Waals surface area contributed by atoms with Crippen LogP contribution >= 0.6 is 0 Å². The van der Waals surface area contributed by atoms with Gasteiger partial charge in [0.05, 0.1) is 17.7 Å². The number of carbonyl (C=O) groups excluding carboxylic acids is 2. The first-order valence-corrected chi connectivity index (χ1v) is 9.71. The molecule has 0 radical (unpaired) electrons. The Balaban J connectivity index is 2.10. The maximum atomic E-state index is 13.0. The molecule has 2 aliphatic rings. The highest BCUT2D eigenvalue weighted by Crippen LogP contribution is 2.43. The normalized spacial score (nSPS) is 18.9. The summed E-state index contributed by atoms with van der Waals surface area (Å²) in [6, 6.07) is 5.63. The second kappa shape index (κ2) is 8.03. The molecule has 1 aromatic rings. The molecule has 1 aliphatic carbocycles. The molecule has 1 aromatic carbocycles. The predicted octanol–water partition coefficient (Wildman–Crippen LogP) is 3.68. The Morgan fingerprint density at radius 3 is 2.52 bits per heavy atom. The van der Waals surface area contributed by atoms with E-state index in [1.165, 1.54) is 7.05 Å². The van der Waals surface area contributed by atoms with Crippen LogP contribution in [0.15, 0.2) is 24.0 Å². The van der Waals surface area contributed by atoms with E-state index in [0.717, 1.165) is 55.4 Å². The van der Waals surface area contributed by atoms with Gasteiger partial charge in [-0.2, -0.15) is 0 Å². The third-order valence-electron chi connectivity index (χ3n) is 5.38. The van der Waals surface area contributed by atoms with Crippen LogP contribution in [0.5, 0.6) is 5.75 Å². The third kappa shape index (κ3) is 3.80. The number of ether oxygens (including phenoxy) is 2. The lowest BCUT2D eigenvalue weighted by atomic mass is 9.87. The Labute approximate surface area is 160 Å². The maximum Gasteiger partial charge on any atom is 0.412 e. The molecule has 1 saturated carbocycles. The van der Waals surface area contributed by atoms with Crippen LogP contribution in [0.4, 0.5) is 4.79 Å². The number of rotatable bonds is 4. The van der Waals surface area contributed by atoms with Gasteiger partial charge in [0.1, 0.15) is 11.5 Å². The lowest BCUT2D eigenvalue weighted by Gasteiger charge is -2.30. The molecule has 0 unspecified atom stereocenters. The number of aryl methyl sites for hydroxylation is 1. The van der Waals surface area contributed by atoms with Crippen LogP contribution in [-0.2, 0) is 9.53 Å². The molecule has 1 spiro atoms. The van der Waals surface area contributed by atoms with Crippen LogP contribution in [0.1, 0.15) is 56.6 Å². The minimum absolute atomic E-state index is 0.178. The highest BCUT2D eigenvalue weighted by molar-refractivity contribution is 6.23. The number of carbonyl (C=O) groups is 2. The van der Waals surface area contributed by atoms with Crippen molar-refractivity contribution in [3.05, 3.63) is 35.1 Å². The first-order chi connectivity index (χ1) is 13.0. The van der Waals surface area contributed by atoms with E-state index >= 15 is 0 Å². The van der Waals surface area contributed by atoms with Gasteiger partial charge in [0, 0.05) is 7.05 Å². The van der Waals surface area contributed by atoms with E-state index in [9.17, 15) is 9.59 Å². The third-order valence-corrected chi connectivity index (χ3v) is 5.38. The fraction of sp³-hybridized carbons (Fsp3) is 0.524. The molecule has 1 aliphatic heterocycles. The molecule has 0 bridgehead atoms. The summed E-state index contributed by atoms with van der Waals surface area (Å²) in [4.78, 5) is 25.1. The number of hydrogen-bond acceptors (Lipinski definition) is 4. The van der Waals surface area contributed by atoms with Gasteiger partial charge in [0.25, 0.3) is 5.91 Å². The SMILES string of the molecule is CCOc1ccc(C2=C(OC(=O)NC)C3(CCCCCC3)NC2=O)c(C)c1. The van der Waals surface area contributed by atoms with Gasteiger partial charge in [-0.1, -0.05) is 31.7 Å². The van der Waals surface area contributed by atoms with Gasteiger partial charge >= 0.3 is 6.09 Å². The molecule has 3 rings (SSSR count). The summed E-state index contributed by atoms with van der Waals surface area (Å²) >= 11 is 0. The van der Waals surface area contributed by atoms with Gasteiger partial charge in [0.2, 0.25) is 0 Å². The van der Waals surface area contributed by atoms with Crippen LogP contribution < -0.4 is 15.4 Å². The molecule has 27 heavy (non-hydrogen) atoms. The number of amides is 2. The fourth-order valence-corrected chi connectivity index (χ4v) is 4.07. The molecule has 1 fully saturated rings. The van der Waals surface area contributed by atoms with Crippen molar-refractivity contribution in [3.63, 3.8) is 0 Å². The van der Waals surface area contributed by atoms with Crippen molar-refractivity contribution in [1.29, 1.82) is 0 Å². The average Bonchev–Trinajstić information content (AvgIpc) is 2.79. The van der Waals surface area contributed by atoms with Gasteiger partial charge in [-0.05, 0) is 49.9 Å². The Hall–Kier alpha value is -2.50. The van der Waals surface area contributed by atoms with Crippen LogP contribution in [0, 0.1) is 6.92 Å². The van der Waals surface area contributed by atoms with Gasteiger partial charge in [-0.25, -0.2) is 4.79 Å². The van der Waals surface area contributed by atoms with Crippen LogP contribution in [0.25, 0.3) is 5.57 Å². The zero-order chi connectivity index (χ0) is 19.4. The van der Waals surface area contributed by atoms with E-state index in [4.69, 9.17) is 9.47 Å². The monoisotopic (exact) mass is 372 g/mol. The van der Waals surface area contributed by atoms with Crippen LogP contribution in [0.3, 0.4) is 0 Å². The van der Waals surface area contributed by atoms with E-state index in [0.29, 0.717) is 17.9 Å². The standard InChI is InChI=1S/C21H28N2O4/c1-4-26-15-9-10-16(14(2)13-15)17-18(27-20(25)22-3)21(23-19(17)24)11-7-5-6-8-12-21/h9-10,13H,4-8,11-12H2,1-3H3,(H,22,25)(H,23,24). The highest BCUT2D eigenvalue weighted by atomic mass is 16.6. The first-order valence-electron chi connectivity index (χ1n) is 9.71. The molecular formula is C21H28N2O4. The lowest BCUT2D eigenvalue weighted by molar-refractivity contribution is -0.116. The van der Waals surface area contributed by atoms with Crippen molar-refractivity contribution in [2.75, 3.05) is 13.7 Å². The molecule has 0 saturated heterocycles. The van der Waals surface area contributed by atoms with Crippen molar-refractivity contribution >= 4 is 17.6 Å². The van der Waals surface area contributed by atoms with Crippen molar-refractivity contribution < 1.29 is 19.1 Å². The zero-order valence-corrected chi connectivity index (χ0v) is 16.3. The Bertz CT molecular complexity index is 761. The quantitative estimate of drug-likeness (QED) is 0.845. The molecule has 146 valence electrons. The largest absolute Gasteiger partial charge is 0.494 e. The summed E-state index contributed by atoms with van der Waals surface area (Å²) in [6.07, 6.45) is 5.26. The zero-order valence-electron chi connectivity index (χ0n) is 16.3. The lowest BCUT2D eigenvalue weighted by Crippen LogP contribution is -2.45. The smallest absolute Gasteiger partial charge is 0.412 e. The van der Waals surface area contributed by atoms with Crippen molar-refractivity contribution in [3.8, 4) is 5.75 Å². The summed E-state index contributed by atoms with van der Waals surface area (Å²) < 4.78 is 11.2. The molecule has 2 amide bonds. The Morgan fingerprint density at radius 2 is 1.93 bits per heavy atom. The van der Waals surface area contributed by atoms with E-state index in [2.05, 4.69) is 10.6 Å². The van der Waals surface area contributed by atoms with Gasteiger partial charge in [0.15, 0.2) is 0 Å². The molecule has 0 aromatic heterocycles. The number of hydrogen-bond donors (Lipinski definition) is 2. The van der Waals surface area contributed by atoms with Crippen LogP contribution in [0.2, 0.25) is 0 Å². The minimum Gasteiger partial charge on any atom is -0.494 e. The van der Waals surface area contributed by atoms with E-state index in [1.54, 1.807) is 0 Å². The molecule has 0 atom stereocenters. The first kappa shape index (κ1) is 19.3. The second-order valence-electron chi connectivity index (χ2n) is 7.20. The minimum atomic E-state index is -0.597. The molecular weight excluding hydrogens is 344 g/mol. The average molecular weight is 372 g/mol. The molecule has 6 nitrogen and oxygen atoms in total. The van der Waals surface area contributed by atoms with Gasteiger partial charge < -0.3 is 20.1 Å². The summed E-state index contributed by atoms with van der Waals surface area (Å²) in [5, 5.41) is 5.66. The molecule has 1 heterocycles. The number of alkyl carbamates (subject to hydrolysis) is 1. The summed E-state index contributed by atoms with van der Waals surface area (Å²) in [6.45, 7) is 4.45. The van der Waals surface area contributed by atoms with E-state index in [-0.39, 0.29) is 5.91 Å². The topological polar surface area (TPSA) is 76.7 Å². The van der Waals surface area contributed by atoms with E-state index in [1.807, 2.05) is 32.0 Å². The summed E-state index contributed by atoms with van der Waals surface area (Å²) in [5.74, 6) is 1.04. The van der Waals surface area contributed by atoms with Crippen LogP contribution in [-0.4, -0.2) is 31.2 Å². The number of benzene rings is 1. The van der Waals surface area contributed by atoms with E-state index < -0.39 is 11.6 Å². The van der Waals surface area contributed by atoms with Crippen molar-refractivity contribution in [1.82, 2.24) is 10.6 Å². The molecule has 2 N–H and O–H groups in total. The van der Waals surface area contributed by atoms with Crippen molar-refractivity contribution in [2.45, 2.75) is 57.9 Å².